The van der Waals surface area contributed by atoms with Crippen molar-refractivity contribution in [3.63, 3.8) is 0 Å². The molecule has 0 saturated carbocycles. The molecule has 106 valence electrons. The van der Waals surface area contributed by atoms with Crippen LogP contribution < -0.4 is 5.32 Å². The lowest BCUT2D eigenvalue weighted by Gasteiger charge is -2.20. The van der Waals surface area contributed by atoms with Crippen molar-refractivity contribution in [2.24, 2.45) is 0 Å². The molecular formula is C14H15FN2O2S. The van der Waals surface area contributed by atoms with E-state index in [1.807, 2.05) is 12.3 Å². The van der Waals surface area contributed by atoms with Crippen molar-refractivity contribution in [2.45, 2.75) is 19.0 Å². The van der Waals surface area contributed by atoms with Crippen LogP contribution in [0.25, 0.3) is 0 Å². The molecule has 0 aliphatic carbocycles. The van der Waals surface area contributed by atoms with Crippen molar-refractivity contribution in [1.82, 2.24) is 10.3 Å². The Hall–Kier alpha value is -1.79. The molecule has 2 aromatic rings. The number of methoxy groups -OCH3 is 1. The van der Waals surface area contributed by atoms with Gasteiger partial charge in [-0.3, -0.25) is 5.32 Å². The summed E-state index contributed by atoms with van der Waals surface area (Å²) in [7, 11) is 1.33. The fourth-order valence-corrected chi connectivity index (χ4v) is 2.50. The quantitative estimate of drug-likeness (QED) is 0.862. The van der Waals surface area contributed by atoms with Crippen LogP contribution >= 0.6 is 11.3 Å². The molecule has 1 N–H and O–H groups in total. The summed E-state index contributed by atoms with van der Waals surface area (Å²) in [6, 6.07) is 5.02. The summed E-state index contributed by atoms with van der Waals surface area (Å²) in [5.74, 6) is -0.759. The number of carbonyl (C=O) groups excluding carboxylic acids is 1. The van der Waals surface area contributed by atoms with Crippen LogP contribution in [0.4, 0.5) is 4.39 Å². The van der Waals surface area contributed by atoms with Crippen LogP contribution in [-0.4, -0.2) is 18.1 Å². The number of ether oxygens (including phenoxy) is 1. The van der Waals surface area contributed by atoms with Crippen LogP contribution in [0.5, 0.6) is 0 Å². The van der Waals surface area contributed by atoms with Gasteiger partial charge in [0.2, 0.25) is 0 Å². The van der Waals surface area contributed by atoms with Crippen LogP contribution in [-0.2, 0) is 9.53 Å². The number of rotatable bonds is 5. The van der Waals surface area contributed by atoms with E-state index in [9.17, 15) is 9.18 Å². The molecule has 0 bridgehead atoms. The predicted octanol–water partition coefficient (Wildman–Crippen LogP) is 2.85. The fraction of sp³-hybridized carbons (Fsp3) is 0.286. The largest absolute Gasteiger partial charge is 0.468 e. The Morgan fingerprint density at radius 2 is 2.10 bits per heavy atom. The second-order valence-corrected chi connectivity index (χ2v) is 5.19. The second-order valence-electron chi connectivity index (χ2n) is 4.27. The van der Waals surface area contributed by atoms with Gasteiger partial charge in [0.1, 0.15) is 16.9 Å². The summed E-state index contributed by atoms with van der Waals surface area (Å²) >= 11 is 1.50. The summed E-state index contributed by atoms with van der Waals surface area (Å²) in [6.07, 6.45) is 1.71. The maximum Gasteiger partial charge on any atom is 0.327 e. The highest BCUT2D eigenvalue weighted by Crippen LogP contribution is 2.22. The monoisotopic (exact) mass is 294 g/mol. The highest BCUT2D eigenvalue weighted by molar-refractivity contribution is 7.09. The van der Waals surface area contributed by atoms with Gasteiger partial charge in [0.05, 0.1) is 13.2 Å². The third-order valence-electron chi connectivity index (χ3n) is 2.88. The number of hydrogen-bond acceptors (Lipinski definition) is 5. The number of nitrogens with one attached hydrogen (secondary N) is 1. The minimum Gasteiger partial charge on any atom is -0.468 e. The molecule has 0 radical (unpaired) electrons. The molecule has 0 amide bonds. The maximum atomic E-state index is 13.0. The van der Waals surface area contributed by atoms with Gasteiger partial charge in [-0.2, -0.15) is 0 Å². The lowest BCUT2D eigenvalue weighted by molar-refractivity contribution is -0.143. The van der Waals surface area contributed by atoms with Gasteiger partial charge in [0.25, 0.3) is 0 Å². The maximum absolute atomic E-state index is 13.0. The van der Waals surface area contributed by atoms with E-state index in [1.165, 1.54) is 30.6 Å². The zero-order chi connectivity index (χ0) is 14.5. The van der Waals surface area contributed by atoms with Crippen LogP contribution in [0.3, 0.4) is 0 Å². The average molecular weight is 294 g/mol. The summed E-state index contributed by atoms with van der Waals surface area (Å²) in [4.78, 5) is 16.1. The molecule has 4 nitrogen and oxygen atoms in total. The predicted molar refractivity (Wildman–Crippen MR) is 74.8 cm³/mol. The van der Waals surface area contributed by atoms with Gasteiger partial charge in [0, 0.05) is 11.6 Å². The Morgan fingerprint density at radius 1 is 1.40 bits per heavy atom. The first-order valence-electron chi connectivity index (χ1n) is 6.10. The standard InChI is InChI=1S/C14H15FN2O2S/c1-9(13-16-7-8-20-13)17-12(14(18)19-2)10-3-5-11(15)6-4-10/h3-9,12,17H,1-2H3/t9-,12-/m1/s1. The third kappa shape index (κ3) is 3.40. The minimum atomic E-state index is -0.653. The molecule has 0 saturated heterocycles. The molecule has 1 aromatic heterocycles. The zero-order valence-corrected chi connectivity index (χ0v) is 12.0. The van der Waals surface area contributed by atoms with E-state index < -0.39 is 12.0 Å². The van der Waals surface area contributed by atoms with Crippen LogP contribution in [0.15, 0.2) is 35.8 Å². The van der Waals surface area contributed by atoms with Gasteiger partial charge < -0.3 is 4.74 Å². The lowest BCUT2D eigenvalue weighted by Crippen LogP contribution is -2.31. The molecule has 0 fully saturated rings. The van der Waals surface area contributed by atoms with Gasteiger partial charge in [-0.15, -0.1) is 11.3 Å². The summed E-state index contributed by atoms with van der Waals surface area (Å²) in [5.41, 5.74) is 0.654. The number of halogens is 1. The first-order chi connectivity index (χ1) is 9.61. The number of hydrogen-bond donors (Lipinski definition) is 1. The molecule has 6 heteroatoms. The number of aromatic nitrogens is 1. The van der Waals surface area contributed by atoms with Crippen molar-refractivity contribution in [2.75, 3.05) is 7.11 Å². The minimum absolute atomic E-state index is 0.107. The summed E-state index contributed by atoms with van der Waals surface area (Å²) in [5, 5.41) is 5.91. The zero-order valence-electron chi connectivity index (χ0n) is 11.2. The molecule has 2 rings (SSSR count). The number of nitrogens with zero attached hydrogens (tertiary/aromatic N) is 1. The average Bonchev–Trinajstić information content (AvgIpc) is 2.99. The molecule has 0 aliphatic rings. The molecule has 0 unspecified atom stereocenters. The topological polar surface area (TPSA) is 51.2 Å². The Balaban J connectivity index is 2.20. The van der Waals surface area contributed by atoms with Crippen molar-refractivity contribution >= 4 is 17.3 Å². The SMILES string of the molecule is COC(=O)[C@H](N[C@H](C)c1nccs1)c1ccc(F)cc1. The van der Waals surface area contributed by atoms with Crippen LogP contribution in [0, 0.1) is 5.82 Å². The Kier molecular flexibility index (Phi) is 4.81. The Morgan fingerprint density at radius 3 is 2.65 bits per heavy atom. The van der Waals surface area contributed by atoms with Crippen molar-refractivity contribution in [3.8, 4) is 0 Å². The smallest absolute Gasteiger partial charge is 0.327 e. The number of esters is 1. The summed E-state index contributed by atoms with van der Waals surface area (Å²) < 4.78 is 17.8. The first kappa shape index (κ1) is 14.6. The van der Waals surface area contributed by atoms with E-state index in [2.05, 4.69) is 10.3 Å². The van der Waals surface area contributed by atoms with E-state index in [-0.39, 0.29) is 11.9 Å². The van der Waals surface area contributed by atoms with Gasteiger partial charge in [0.15, 0.2) is 0 Å². The first-order valence-corrected chi connectivity index (χ1v) is 6.98. The van der Waals surface area contributed by atoms with E-state index in [4.69, 9.17) is 4.74 Å². The highest BCUT2D eigenvalue weighted by atomic mass is 32.1. The molecule has 0 spiro atoms. The van der Waals surface area contributed by atoms with Crippen LogP contribution in [0.1, 0.15) is 29.6 Å². The normalized spacial score (nSPS) is 13.8. The van der Waals surface area contributed by atoms with Gasteiger partial charge in [-0.05, 0) is 24.6 Å². The number of benzene rings is 1. The molecule has 0 aliphatic heterocycles. The number of carbonyl (C=O) groups is 1. The molecule has 20 heavy (non-hydrogen) atoms. The highest BCUT2D eigenvalue weighted by Gasteiger charge is 2.24. The van der Waals surface area contributed by atoms with Gasteiger partial charge in [-0.1, -0.05) is 12.1 Å². The van der Waals surface area contributed by atoms with Crippen molar-refractivity contribution in [1.29, 1.82) is 0 Å². The van der Waals surface area contributed by atoms with Gasteiger partial charge >= 0.3 is 5.97 Å². The van der Waals surface area contributed by atoms with E-state index in [0.717, 1.165) is 5.01 Å². The Labute approximate surface area is 120 Å². The molecule has 1 heterocycles. The molecular weight excluding hydrogens is 279 g/mol. The fourth-order valence-electron chi connectivity index (χ4n) is 1.84. The van der Waals surface area contributed by atoms with Crippen molar-refractivity contribution < 1.29 is 13.9 Å². The van der Waals surface area contributed by atoms with Crippen LogP contribution in [0.2, 0.25) is 0 Å². The van der Waals surface area contributed by atoms with E-state index >= 15 is 0 Å². The lowest BCUT2D eigenvalue weighted by atomic mass is 10.1. The Bertz CT molecular complexity index is 557. The van der Waals surface area contributed by atoms with Crippen molar-refractivity contribution in [3.05, 3.63) is 52.2 Å². The van der Waals surface area contributed by atoms with E-state index in [1.54, 1.807) is 18.3 Å². The number of thiazole rings is 1. The van der Waals surface area contributed by atoms with Gasteiger partial charge in [-0.25, -0.2) is 14.2 Å². The molecule has 1 aromatic carbocycles. The summed E-state index contributed by atoms with van der Waals surface area (Å²) in [6.45, 7) is 1.91. The van der Waals surface area contributed by atoms with E-state index in [0.29, 0.717) is 5.56 Å². The third-order valence-corrected chi connectivity index (χ3v) is 3.84. The molecule has 2 atom stereocenters. The second kappa shape index (κ2) is 6.58.